The predicted octanol–water partition coefficient (Wildman–Crippen LogP) is 2.48. The predicted molar refractivity (Wildman–Crippen MR) is 124 cm³/mol. The lowest BCUT2D eigenvalue weighted by Crippen LogP contribution is -2.27. The summed E-state index contributed by atoms with van der Waals surface area (Å²) < 4.78 is 7.43. The van der Waals surface area contributed by atoms with E-state index in [1.54, 1.807) is 30.8 Å². The Bertz CT molecular complexity index is 1150. The van der Waals surface area contributed by atoms with E-state index in [1.807, 2.05) is 24.4 Å². The first-order valence-electron chi connectivity index (χ1n) is 10.6. The number of rotatable bonds is 6. The van der Waals surface area contributed by atoms with E-state index >= 15 is 0 Å². The minimum Gasteiger partial charge on any atom is -0.489 e. The number of fused-ring (bicyclic) bond motifs is 2. The number of aliphatic hydroxyl groups is 1. The molecule has 3 atom stereocenters. The average Bonchev–Trinajstić information content (AvgIpc) is 3.07. The van der Waals surface area contributed by atoms with Gasteiger partial charge in [0.15, 0.2) is 0 Å². The summed E-state index contributed by atoms with van der Waals surface area (Å²) in [6.45, 7) is 6.34. The second-order valence-corrected chi connectivity index (χ2v) is 9.19. The van der Waals surface area contributed by atoms with Gasteiger partial charge in [-0.3, -0.25) is 0 Å². The van der Waals surface area contributed by atoms with Crippen molar-refractivity contribution in [3.8, 4) is 22.9 Å². The Morgan fingerprint density at radius 3 is 2.62 bits per heavy atom. The highest BCUT2D eigenvalue weighted by molar-refractivity contribution is 5.85. The van der Waals surface area contributed by atoms with Crippen LogP contribution < -0.4 is 15.4 Å². The van der Waals surface area contributed by atoms with Gasteiger partial charge in [-0.05, 0) is 56.3 Å². The number of nitriles is 1. The molecular weight excluding hydrogens is 428 g/mol. The zero-order valence-corrected chi connectivity index (χ0v) is 18.9. The zero-order chi connectivity index (χ0) is 21.8. The van der Waals surface area contributed by atoms with Crippen LogP contribution in [0.25, 0.3) is 16.6 Å². The standard InChI is InChI=1S/C23H26N6O2.ClH/c1-23(2,30)13-31-16-5-17(22-15(6-24)9-27-29(22)10-16)14-3-4-21(26-8-14)28-11-19-18(7-25)20(19)12-28;/h3-5,8-10,18-20,30H,7,11-13,25H2,1-2H3;1H/t18-,19+,20-;. The van der Waals surface area contributed by atoms with E-state index in [-0.39, 0.29) is 19.0 Å². The second-order valence-electron chi connectivity index (χ2n) is 9.19. The smallest absolute Gasteiger partial charge is 0.138 e. The molecule has 0 aromatic carbocycles. The number of hydrogen-bond acceptors (Lipinski definition) is 7. The number of ether oxygens (including phenoxy) is 1. The first-order chi connectivity index (χ1) is 14.9. The van der Waals surface area contributed by atoms with E-state index in [0.29, 0.717) is 34.6 Å². The molecule has 3 aromatic rings. The van der Waals surface area contributed by atoms with Crippen molar-refractivity contribution >= 4 is 23.7 Å². The van der Waals surface area contributed by atoms with Crippen LogP contribution in [0.1, 0.15) is 19.4 Å². The Balaban J connectivity index is 0.00000245. The third-order valence-electron chi connectivity index (χ3n) is 6.33. The number of pyridine rings is 2. The number of halogens is 1. The SMILES string of the molecule is CC(C)(O)COc1cc(-c2ccc(N3C[C@@H]4[C@H](CN)[C@@H]4C3)nc2)c2c(C#N)cnn2c1.Cl. The number of hydrogen-bond donors (Lipinski definition) is 2. The third kappa shape index (κ3) is 3.99. The quantitative estimate of drug-likeness (QED) is 0.588. The summed E-state index contributed by atoms with van der Waals surface area (Å²) >= 11 is 0. The minimum atomic E-state index is -0.959. The molecule has 1 saturated heterocycles. The largest absolute Gasteiger partial charge is 0.489 e. The van der Waals surface area contributed by atoms with Gasteiger partial charge in [-0.15, -0.1) is 12.4 Å². The summed E-state index contributed by atoms with van der Waals surface area (Å²) in [6, 6.07) is 8.13. The number of aromatic nitrogens is 3. The van der Waals surface area contributed by atoms with Crippen LogP contribution in [0.4, 0.5) is 5.82 Å². The lowest BCUT2D eigenvalue weighted by atomic mass is 10.1. The molecule has 0 bridgehead atoms. The molecule has 1 aliphatic carbocycles. The van der Waals surface area contributed by atoms with Crippen molar-refractivity contribution in [1.29, 1.82) is 5.26 Å². The molecule has 0 spiro atoms. The van der Waals surface area contributed by atoms with Gasteiger partial charge in [0.05, 0.1) is 29.1 Å². The van der Waals surface area contributed by atoms with Gasteiger partial charge >= 0.3 is 0 Å². The molecule has 4 heterocycles. The summed E-state index contributed by atoms with van der Waals surface area (Å²) in [5.41, 5.74) is 7.75. The molecule has 9 heteroatoms. The molecule has 32 heavy (non-hydrogen) atoms. The summed E-state index contributed by atoms with van der Waals surface area (Å²) in [7, 11) is 0. The van der Waals surface area contributed by atoms with Crippen LogP contribution >= 0.6 is 12.4 Å². The average molecular weight is 455 g/mol. The van der Waals surface area contributed by atoms with Crippen molar-refractivity contribution in [2.24, 2.45) is 23.5 Å². The van der Waals surface area contributed by atoms with E-state index in [2.05, 4.69) is 16.1 Å². The van der Waals surface area contributed by atoms with Crippen LogP contribution in [-0.2, 0) is 0 Å². The summed E-state index contributed by atoms with van der Waals surface area (Å²) in [6.07, 6.45) is 5.10. The van der Waals surface area contributed by atoms with E-state index in [9.17, 15) is 10.4 Å². The first-order valence-corrected chi connectivity index (χ1v) is 10.6. The van der Waals surface area contributed by atoms with Crippen molar-refractivity contribution in [3.05, 3.63) is 42.4 Å². The van der Waals surface area contributed by atoms with Gasteiger partial charge in [-0.25, -0.2) is 9.50 Å². The summed E-state index contributed by atoms with van der Waals surface area (Å²) in [5.74, 6) is 3.63. The molecule has 0 amide bonds. The van der Waals surface area contributed by atoms with Crippen LogP contribution in [-0.4, -0.2) is 51.5 Å². The van der Waals surface area contributed by atoms with Crippen molar-refractivity contribution in [2.45, 2.75) is 19.4 Å². The molecule has 0 radical (unpaired) electrons. The number of nitrogens with two attached hydrogens (primary N) is 1. The van der Waals surface area contributed by atoms with Gasteiger partial charge in [0.1, 0.15) is 24.2 Å². The molecule has 0 unspecified atom stereocenters. The van der Waals surface area contributed by atoms with Crippen LogP contribution in [0.2, 0.25) is 0 Å². The highest BCUT2D eigenvalue weighted by Crippen LogP contribution is 2.51. The van der Waals surface area contributed by atoms with Gasteiger partial charge < -0.3 is 20.5 Å². The molecule has 1 saturated carbocycles. The highest BCUT2D eigenvalue weighted by atomic mass is 35.5. The van der Waals surface area contributed by atoms with Crippen molar-refractivity contribution in [3.63, 3.8) is 0 Å². The molecule has 168 valence electrons. The van der Waals surface area contributed by atoms with Gasteiger partial charge in [-0.1, -0.05) is 0 Å². The van der Waals surface area contributed by atoms with Crippen LogP contribution in [0, 0.1) is 29.1 Å². The fourth-order valence-electron chi connectivity index (χ4n) is 4.66. The van der Waals surface area contributed by atoms with Crippen molar-refractivity contribution in [2.75, 3.05) is 31.1 Å². The van der Waals surface area contributed by atoms with Crippen LogP contribution in [0.15, 0.2) is 36.8 Å². The molecule has 1 aliphatic heterocycles. The van der Waals surface area contributed by atoms with E-state index in [1.165, 1.54) is 0 Å². The minimum absolute atomic E-state index is 0. The molecule has 5 rings (SSSR count). The van der Waals surface area contributed by atoms with E-state index in [0.717, 1.165) is 36.6 Å². The van der Waals surface area contributed by atoms with E-state index < -0.39 is 5.60 Å². The van der Waals surface area contributed by atoms with E-state index in [4.69, 9.17) is 15.5 Å². The Labute approximate surface area is 193 Å². The van der Waals surface area contributed by atoms with Gasteiger partial charge in [0, 0.05) is 30.4 Å². The fourth-order valence-corrected chi connectivity index (χ4v) is 4.66. The van der Waals surface area contributed by atoms with Gasteiger partial charge in [-0.2, -0.15) is 10.4 Å². The monoisotopic (exact) mass is 454 g/mol. The Kier molecular flexibility index (Phi) is 5.76. The first kappa shape index (κ1) is 22.3. The van der Waals surface area contributed by atoms with Gasteiger partial charge in [0.2, 0.25) is 0 Å². The van der Waals surface area contributed by atoms with Crippen LogP contribution in [0.3, 0.4) is 0 Å². The maximum absolute atomic E-state index is 10.00. The molecular formula is C23H27ClN6O2. The number of nitrogens with zero attached hydrogens (tertiary/aromatic N) is 5. The highest BCUT2D eigenvalue weighted by Gasteiger charge is 2.54. The summed E-state index contributed by atoms with van der Waals surface area (Å²) in [5, 5.41) is 23.8. The Morgan fingerprint density at radius 1 is 1.28 bits per heavy atom. The second kappa shape index (κ2) is 8.24. The van der Waals surface area contributed by atoms with Gasteiger partial charge in [0.25, 0.3) is 0 Å². The third-order valence-corrected chi connectivity index (χ3v) is 6.33. The maximum atomic E-state index is 10.00. The molecule has 8 nitrogen and oxygen atoms in total. The lowest BCUT2D eigenvalue weighted by molar-refractivity contribution is 0.0283. The number of anilines is 1. The van der Waals surface area contributed by atoms with Crippen molar-refractivity contribution in [1.82, 2.24) is 14.6 Å². The zero-order valence-electron chi connectivity index (χ0n) is 18.1. The fraction of sp³-hybridized carbons (Fsp3) is 0.435. The normalized spacial score (nSPS) is 21.7. The topological polar surface area (TPSA) is 113 Å². The maximum Gasteiger partial charge on any atom is 0.138 e. The van der Waals surface area contributed by atoms with Crippen molar-refractivity contribution < 1.29 is 9.84 Å². The molecule has 2 fully saturated rings. The Morgan fingerprint density at radius 2 is 2.03 bits per heavy atom. The molecule has 3 aromatic heterocycles. The molecule has 2 aliphatic rings. The van der Waals surface area contributed by atoms with Crippen LogP contribution in [0.5, 0.6) is 5.75 Å². The lowest BCUT2D eigenvalue weighted by Gasteiger charge is -2.21. The summed E-state index contributed by atoms with van der Waals surface area (Å²) in [4.78, 5) is 7.03. The molecule has 3 N–H and O–H groups in total. The Hall–Kier alpha value is -2.86. The number of piperidine rings is 1.